The standard InChI is InChI=1S/C13H21N3O2/c17-9-7-11(10-4-2-1-3-5-10)15-13(18)12-6-8-14-16-12/h6,8,10-11,17H,1-5,7,9H2,(H,14,16)(H,15,18). The lowest BCUT2D eigenvalue weighted by Gasteiger charge is -2.30. The maximum atomic E-state index is 12.0. The second-order valence-corrected chi connectivity index (χ2v) is 4.96. The van der Waals surface area contributed by atoms with Gasteiger partial charge in [0.05, 0.1) is 0 Å². The third kappa shape index (κ3) is 3.32. The molecule has 1 saturated carbocycles. The Morgan fingerprint density at radius 3 is 2.89 bits per heavy atom. The molecule has 5 nitrogen and oxygen atoms in total. The first-order valence-electron chi connectivity index (χ1n) is 6.72. The fraction of sp³-hybridized carbons (Fsp3) is 0.692. The summed E-state index contributed by atoms with van der Waals surface area (Å²) >= 11 is 0. The average molecular weight is 251 g/mol. The molecule has 0 radical (unpaired) electrons. The molecule has 0 aliphatic heterocycles. The van der Waals surface area contributed by atoms with Crippen LogP contribution in [0.4, 0.5) is 0 Å². The van der Waals surface area contributed by atoms with Crippen LogP contribution in [0.5, 0.6) is 0 Å². The molecule has 0 aromatic carbocycles. The molecule has 1 aromatic heterocycles. The second kappa shape index (κ2) is 6.54. The van der Waals surface area contributed by atoms with Gasteiger partial charge in [-0.2, -0.15) is 5.10 Å². The summed E-state index contributed by atoms with van der Waals surface area (Å²) in [5.74, 6) is 0.370. The van der Waals surface area contributed by atoms with Crippen LogP contribution in [0, 0.1) is 5.92 Å². The summed E-state index contributed by atoms with van der Waals surface area (Å²) in [6.07, 6.45) is 8.23. The van der Waals surface area contributed by atoms with Gasteiger partial charge in [-0.3, -0.25) is 9.89 Å². The predicted octanol–water partition coefficient (Wildman–Crippen LogP) is 1.47. The molecule has 1 fully saturated rings. The van der Waals surface area contributed by atoms with Gasteiger partial charge in [0.25, 0.3) is 5.91 Å². The number of aliphatic hydroxyl groups excluding tert-OH is 1. The molecule has 1 heterocycles. The molecule has 1 aliphatic carbocycles. The number of aliphatic hydroxyl groups is 1. The van der Waals surface area contributed by atoms with Crippen LogP contribution in [0.15, 0.2) is 12.3 Å². The van der Waals surface area contributed by atoms with Gasteiger partial charge in [-0.15, -0.1) is 0 Å². The molecule has 18 heavy (non-hydrogen) atoms. The van der Waals surface area contributed by atoms with Crippen molar-refractivity contribution < 1.29 is 9.90 Å². The highest BCUT2D eigenvalue weighted by atomic mass is 16.3. The normalized spacial score (nSPS) is 18.5. The van der Waals surface area contributed by atoms with Crippen LogP contribution in [-0.2, 0) is 0 Å². The van der Waals surface area contributed by atoms with E-state index in [0.717, 1.165) is 12.8 Å². The van der Waals surface area contributed by atoms with Crippen LogP contribution in [-0.4, -0.2) is 33.9 Å². The van der Waals surface area contributed by atoms with E-state index in [1.807, 2.05) is 0 Å². The lowest BCUT2D eigenvalue weighted by atomic mass is 9.82. The number of nitrogens with zero attached hydrogens (tertiary/aromatic N) is 1. The molecule has 5 heteroatoms. The summed E-state index contributed by atoms with van der Waals surface area (Å²) in [4.78, 5) is 12.0. The Hall–Kier alpha value is -1.36. The van der Waals surface area contributed by atoms with E-state index >= 15 is 0 Å². The maximum absolute atomic E-state index is 12.0. The van der Waals surface area contributed by atoms with Crippen molar-refractivity contribution in [2.24, 2.45) is 5.92 Å². The largest absolute Gasteiger partial charge is 0.396 e. The van der Waals surface area contributed by atoms with Gasteiger partial charge in [0.2, 0.25) is 0 Å². The Bertz CT molecular complexity index is 358. The lowest BCUT2D eigenvalue weighted by Crippen LogP contribution is -2.41. The van der Waals surface area contributed by atoms with Gasteiger partial charge in [-0.25, -0.2) is 0 Å². The van der Waals surface area contributed by atoms with Crippen molar-refractivity contribution in [1.82, 2.24) is 15.5 Å². The molecule has 1 atom stereocenters. The van der Waals surface area contributed by atoms with Crippen LogP contribution < -0.4 is 5.32 Å². The van der Waals surface area contributed by atoms with Crippen molar-refractivity contribution in [3.63, 3.8) is 0 Å². The van der Waals surface area contributed by atoms with Crippen LogP contribution in [0.2, 0.25) is 0 Å². The van der Waals surface area contributed by atoms with Gasteiger partial charge in [0.1, 0.15) is 5.69 Å². The van der Waals surface area contributed by atoms with Gasteiger partial charge >= 0.3 is 0 Å². The zero-order valence-corrected chi connectivity index (χ0v) is 10.6. The van der Waals surface area contributed by atoms with Gasteiger partial charge in [-0.05, 0) is 31.2 Å². The minimum absolute atomic E-state index is 0.0751. The number of amides is 1. The molecule has 0 saturated heterocycles. The van der Waals surface area contributed by atoms with Gasteiger partial charge < -0.3 is 10.4 Å². The SMILES string of the molecule is O=C(NC(CCO)C1CCCCC1)c1ccn[nH]1. The monoisotopic (exact) mass is 251 g/mol. The molecule has 2 rings (SSSR count). The summed E-state index contributed by atoms with van der Waals surface area (Å²) in [5.41, 5.74) is 0.480. The minimum atomic E-state index is -0.128. The maximum Gasteiger partial charge on any atom is 0.269 e. The number of carbonyl (C=O) groups is 1. The molecular formula is C13H21N3O2. The number of nitrogens with one attached hydrogen (secondary N) is 2. The van der Waals surface area contributed by atoms with Crippen molar-refractivity contribution in [1.29, 1.82) is 0 Å². The average Bonchev–Trinajstić information content (AvgIpc) is 2.93. The predicted molar refractivity (Wildman–Crippen MR) is 68.1 cm³/mol. The number of rotatable bonds is 5. The molecule has 100 valence electrons. The Morgan fingerprint density at radius 1 is 1.50 bits per heavy atom. The van der Waals surface area contributed by atoms with E-state index in [4.69, 9.17) is 5.11 Å². The molecule has 1 aliphatic rings. The summed E-state index contributed by atoms with van der Waals surface area (Å²) in [5, 5.41) is 18.6. The van der Waals surface area contributed by atoms with Gasteiger partial charge in [0, 0.05) is 18.8 Å². The third-order valence-corrected chi connectivity index (χ3v) is 3.72. The van der Waals surface area contributed by atoms with E-state index < -0.39 is 0 Å². The number of aromatic nitrogens is 2. The zero-order valence-electron chi connectivity index (χ0n) is 10.6. The fourth-order valence-electron chi connectivity index (χ4n) is 2.73. The quantitative estimate of drug-likeness (QED) is 0.741. The molecule has 1 amide bonds. The number of carbonyl (C=O) groups excluding carboxylic acids is 1. The van der Waals surface area contributed by atoms with E-state index in [1.54, 1.807) is 12.3 Å². The molecule has 0 bridgehead atoms. The zero-order chi connectivity index (χ0) is 12.8. The highest BCUT2D eigenvalue weighted by Gasteiger charge is 2.25. The number of hydrogen-bond donors (Lipinski definition) is 3. The van der Waals surface area contributed by atoms with E-state index in [1.165, 1.54) is 19.3 Å². The van der Waals surface area contributed by atoms with E-state index in [9.17, 15) is 4.79 Å². The van der Waals surface area contributed by atoms with E-state index in [-0.39, 0.29) is 18.6 Å². The lowest BCUT2D eigenvalue weighted by molar-refractivity contribution is 0.0894. The molecule has 3 N–H and O–H groups in total. The van der Waals surface area contributed by atoms with Gasteiger partial charge in [-0.1, -0.05) is 19.3 Å². The van der Waals surface area contributed by atoms with Crippen molar-refractivity contribution in [3.05, 3.63) is 18.0 Å². The molecular weight excluding hydrogens is 230 g/mol. The first kappa shape index (κ1) is 13.1. The Kier molecular flexibility index (Phi) is 4.75. The fourth-order valence-corrected chi connectivity index (χ4v) is 2.73. The van der Waals surface area contributed by atoms with Crippen molar-refractivity contribution in [2.45, 2.75) is 44.6 Å². The Morgan fingerprint density at radius 2 is 2.28 bits per heavy atom. The van der Waals surface area contributed by atoms with E-state index in [2.05, 4.69) is 15.5 Å². The smallest absolute Gasteiger partial charge is 0.269 e. The van der Waals surface area contributed by atoms with Crippen LogP contribution in [0.1, 0.15) is 49.0 Å². The van der Waals surface area contributed by atoms with Gasteiger partial charge in [0.15, 0.2) is 0 Å². The van der Waals surface area contributed by atoms with Crippen molar-refractivity contribution >= 4 is 5.91 Å². The summed E-state index contributed by atoms with van der Waals surface area (Å²) in [7, 11) is 0. The summed E-state index contributed by atoms with van der Waals surface area (Å²) in [6.45, 7) is 0.115. The Balaban J connectivity index is 1.94. The second-order valence-electron chi connectivity index (χ2n) is 4.96. The van der Waals surface area contributed by atoms with Crippen molar-refractivity contribution in [3.8, 4) is 0 Å². The first-order valence-corrected chi connectivity index (χ1v) is 6.72. The summed E-state index contributed by atoms with van der Waals surface area (Å²) < 4.78 is 0. The highest BCUT2D eigenvalue weighted by Crippen LogP contribution is 2.27. The van der Waals surface area contributed by atoms with Crippen LogP contribution in [0.25, 0.3) is 0 Å². The number of hydrogen-bond acceptors (Lipinski definition) is 3. The first-order chi connectivity index (χ1) is 8.81. The molecule has 1 unspecified atom stereocenters. The third-order valence-electron chi connectivity index (χ3n) is 3.72. The Labute approximate surface area is 107 Å². The molecule has 0 spiro atoms. The molecule has 1 aromatic rings. The topological polar surface area (TPSA) is 78.0 Å². The summed E-state index contributed by atoms with van der Waals surface area (Å²) in [6, 6.07) is 1.73. The van der Waals surface area contributed by atoms with E-state index in [0.29, 0.717) is 18.0 Å². The highest BCUT2D eigenvalue weighted by molar-refractivity contribution is 5.92. The van der Waals surface area contributed by atoms with Crippen LogP contribution >= 0.6 is 0 Å². The minimum Gasteiger partial charge on any atom is -0.396 e. The number of aromatic amines is 1. The van der Waals surface area contributed by atoms with Crippen molar-refractivity contribution in [2.75, 3.05) is 6.61 Å². The van der Waals surface area contributed by atoms with Crippen LogP contribution in [0.3, 0.4) is 0 Å². The number of H-pyrrole nitrogens is 1.